The Morgan fingerprint density at radius 2 is 1.42 bits per heavy atom. The first-order valence-electron chi connectivity index (χ1n) is 11.3. The van der Waals surface area contributed by atoms with Gasteiger partial charge in [0.1, 0.15) is 12.2 Å². The lowest BCUT2D eigenvalue weighted by molar-refractivity contribution is -0.156. The number of ether oxygens (including phenoxy) is 4. The maximum absolute atomic E-state index is 12.1. The van der Waals surface area contributed by atoms with Gasteiger partial charge in [0, 0.05) is 12.5 Å². The van der Waals surface area contributed by atoms with E-state index in [1.165, 1.54) is 22.3 Å². The van der Waals surface area contributed by atoms with Gasteiger partial charge in [-0.3, -0.25) is 4.79 Å². The minimum Gasteiger partial charge on any atom is -0.460 e. The molecule has 2 aromatic rings. The van der Waals surface area contributed by atoms with E-state index < -0.39 is 11.7 Å². The molecule has 0 bridgehead atoms. The highest BCUT2D eigenvalue weighted by Crippen LogP contribution is 2.44. The van der Waals surface area contributed by atoms with Crippen molar-refractivity contribution in [3.8, 4) is 11.1 Å². The zero-order valence-electron chi connectivity index (χ0n) is 19.6. The standard InChI is InChI=1S/C26H33NO6/c1-26(2,3)33-24(28)12-14-30-16-17-31-15-13-27-25(29)32-18-23-21-10-6-4-8-19(21)20-9-5-7-11-22(20)23/h4-11,23H,12-18H2,1-3H3,(H,27,29). The van der Waals surface area contributed by atoms with Gasteiger partial charge in [0.05, 0.1) is 32.8 Å². The van der Waals surface area contributed by atoms with Gasteiger partial charge in [-0.2, -0.15) is 0 Å². The minimum atomic E-state index is -0.486. The Morgan fingerprint density at radius 1 is 0.848 bits per heavy atom. The molecular weight excluding hydrogens is 422 g/mol. The molecule has 33 heavy (non-hydrogen) atoms. The smallest absolute Gasteiger partial charge is 0.407 e. The molecule has 1 N–H and O–H groups in total. The number of hydrogen-bond acceptors (Lipinski definition) is 6. The van der Waals surface area contributed by atoms with Crippen molar-refractivity contribution in [2.24, 2.45) is 0 Å². The molecule has 1 aliphatic rings. The van der Waals surface area contributed by atoms with E-state index >= 15 is 0 Å². The van der Waals surface area contributed by atoms with Crippen molar-refractivity contribution in [1.82, 2.24) is 5.32 Å². The maximum Gasteiger partial charge on any atom is 0.407 e. The molecule has 1 amide bonds. The number of carbonyl (C=O) groups excluding carboxylic acids is 2. The molecule has 0 spiro atoms. The van der Waals surface area contributed by atoms with Crippen molar-refractivity contribution < 1.29 is 28.5 Å². The second-order valence-corrected chi connectivity index (χ2v) is 8.81. The number of esters is 1. The van der Waals surface area contributed by atoms with Gasteiger partial charge in [-0.1, -0.05) is 48.5 Å². The first-order chi connectivity index (χ1) is 15.8. The molecule has 0 aromatic heterocycles. The number of rotatable bonds is 11. The third kappa shape index (κ3) is 7.58. The predicted octanol–water partition coefficient (Wildman–Crippen LogP) is 4.29. The van der Waals surface area contributed by atoms with Gasteiger partial charge in [-0.25, -0.2) is 4.79 Å². The molecule has 0 unspecified atom stereocenters. The second kappa shape index (κ2) is 11.8. The molecule has 0 heterocycles. The Labute approximate surface area is 195 Å². The highest BCUT2D eigenvalue weighted by atomic mass is 16.6. The third-order valence-corrected chi connectivity index (χ3v) is 5.10. The van der Waals surface area contributed by atoms with Crippen LogP contribution in [0.15, 0.2) is 48.5 Å². The lowest BCUT2D eigenvalue weighted by Gasteiger charge is -2.19. The number of alkyl carbamates (subject to hydrolysis) is 1. The van der Waals surface area contributed by atoms with E-state index in [0.717, 1.165) is 0 Å². The molecule has 0 fully saturated rings. The van der Waals surface area contributed by atoms with Gasteiger partial charge in [0.25, 0.3) is 0 Å². The molecule has 7 nitrogen and oxygen atoms in total. The average Bonchev–Trinajstić information content (AvgIpc) is 3.09. The van der Waals surface area contributed by atoms with E-state index in [4.69, 9.17) is 18.9 Å². The Kier molecular flexibility index (Phi) is 8.86. The number of carbonyl (C=O) groups is 2. The van der Waals surface area contributed by atoms with Crippen LogP contribution in [0.2, 0.25) is 0 Å². The Bertz CT molecular complexity index is 891. The number of fused-ring (bicyclic) bond motifs is 3. The van der Waals surface area contributed by atoms with E-state index in [1.807, 2.05) is 45.0 Å². The maximum atomic E-state index is 12.1. The highest BCUT2D eigenvalue weighted by Gasteiger charge is 2.28. The Hall–Kier alpha value is -2.90. The summed E-state index contributed by atoms with van der Waals surface area (Å²) in [6.45, 7) is 7.49. The van der Waals surface area contributed by atoms with Crippen LogP contribution in [0.3, 0.4) is 0 Å². The minimum absolute atomic E-state index is 0.0391. The first kappa shape index (κ1) is 24.7. The monoisotopic (exact) mass is 455 g/mol. The largest absolute Gasteiger partial charge is 0.460 e. The van der Waals surface area contributed by atoms with Crippen LogP contribution in [0.25, 0.3) is 11.1 Å². The molecule has 0 saturated heterocycles. The number of benzene rings is 2. The summed E-state index contributed by atoms with van der Waals surface area (Å²) in [7, 11) is 0. The van der Waals surface area contributed by atoms with Crippen molar-refractivity contribution in [3.63, 3.8) is 0 Å². The van der Waals surface area contributed by atoms with Gasteiger partial charge >= 0.3 is 12.1 Å². The summed E-state index contributed by atoms with van der Waals surface area (Å²) in [5, 5.41) is 2.71. The average molecular weight is 456 g/mol. The summed E-state index contributed by atoms with van der Waals surface area (Å²) in [4.78, 5) is 23.7. The highest BCUT2D eigenvalue weighted by molar-refractivity contribution is 5.79. The fourth-order valence-electron chi connectivity index (χ4n) is 3.74. The SMILES string of the molecule is CC(C)(C)OC(=O)CCOCCOCCNC(=O)OCC1c2ccccc2-c2ccccc21. The lowest BCUT2D eigenvalue weighted by atomic mass is 9.98. The van der Waals surface area contributed by atoms with Crippen molar-refractivity contribution in [2.45, 2.75) is 38.7 Å². The van der Waals surface area contributed by atoms with Crippen LogP contribution in [0.5, 0.6) is 0 Å². The van der Waals surface area contributed by atoms with Gasteiger partial charge in [0.2, 0.25) is 0 Å². The van der Waals surface area contributed by atoms with Gasteiger partial charge in [-0.15, -0.1) is 0 Å². The van der Waals surface area contributed by atoms with Crippen LogP contribution in [0, 0.1) is 0 Å². The summed E-state index contributed by atoms with van der Waals surface area (Å²) in [5.74, 6) is -0.243. The molecule has 0 saturated carbocycles. The zero-order chi connectivity index (χ0) is 23.7. The summed E-state index contributed by atoms with van der Waals surface area (Å²) < 4.78 is 21.5. The van der Waals surface area contributed by atoms with Crippen LogP contribution >= 0.6 is 0 Å². The molecule has 178 valence electrons. The number of hydrogen-bond donors (Lipinski definition) is 1. The van der Waals surface area contributed by atoms with Crippen molar-refractivity contribution >= 4 is 12.1 Å². The van der Waals surface area contributed by atoms with Crippen LogP contribution in [0.1, 0.15) is 44.2 Å². The van der Waals surface area contributed by atoms with E-state index in [-0.39, 0.29) is 31.5 Å². The van der Waals surface area contributed by atoms with Gasteiger partial charge in [-0.05, 0) is 43.0 Å². The molecule has 0 atom stereocenters. The summed E-state index contributed by atoms with van der Waals surface area (Å²) in [6.07, 6.45) is -0.255. The van der Waals surface area contributed by atoms with Crippen molar-refractivity contribution in [3.05, 3.63) is 59.7 Å². The molecule has 2 aromatic carbocycles. The second-order valence-electron chi connectivity index (χ2n) is 8.81. The number of nitrogens with one attached hydrogen (secondary N) is 1. The fraction of sp³-hybridized carbons (Fsp3) is 0.462. The summed E-state index contributed by atoms with van der Waals surface area (Å²) in [5.41, 5.74) is 4.27. The van der Waals surface area contributed by atoms with E-state index in [1.54, 1.807) is 0 Å². The Balaban J connectivity index is 1.26. The molecule has 0 radical (unpaired) electrons. The molecule has 1 aliphatic carbocycles. The summed E-state index contributed by atoms with van der Waals surface area (Å²) >= 11 is 0. The van der Waals surface area contributed by atoms with E-state index in [0.29, 0.717) is 26.4 Å². The van der Waals surface area contributed by atoms with Gasteiger partial charge in [0.15, 0.2) is 0 Å². The van der Waals surface area contributed by atoms with Crippen LogP contribution < -0.4 is 5.32 Å². The molecule has 3 rings (SSSR count). The number of amides is 1. The lowest BCUT2D eigenvalue weighted by Crippen LogP contribution is -2.29. The first-order valence-corrected chi connectivity index (χ1v) is 11.3. The van der Waals surface area contributed by atoms with Gasteiger partial charge < -0.3 is 24.3 Å². The van der Waals surface area contributed by atoms with Crippen LogP contribution in [-0.4, -0.2) is 57.2 Å². The fourth-order valence-corrected chi connectivity index (χ4v) is 3.74. The zero-order valence-corrected chi connectivity index (χ0v) is 19.6. The van der Waals surface area contributed by atoms with E-state index in [2.05, 4.69) is 29.6 Å². The third-order valence-electron chi connectivity index (χ3n) is 5.10. The summed E-state index contributed by atoms with van der Waals surface area (Å²) in [6, 6.07) is 16.5. The van der Waals surface area contributed by atoms with E-state index in [9.17, 15) is 9.59 Å². The van der Waals surface area contributed by atoms with Crippen molar-refractivity contribution in [2.75, 3.05) is 39.6 Å². The topological polar surface area (TPSA) is 83.1 Å². The molecular formula is C26H33NO6. The quantitative estimate of drug-likeness (QED) is 0.402. The predicted molar refractivity (Wildman–Crippen MR) is 125 cm³/mol. The molecule has 7 heteroatoms. The Morgan fingerprint density at radius 3 is 2.03 bits per heavy atom. The van der Waals surface area contributed by atoms with Crippen molar-refractivity contribution in [1.29, 1.82) is 0 Å². The van der Waals surface area contributed by atoms with Crippen LogP contribution in [-0.2, 0) is 23.7 Å². The molecule has 0 aliphatic heterocycles. The normalized spacial score (nSPS) is 12.7. The van der Waals surface area contributed by atoms with Crippen LogP contribution in [0.4, 0.5) is 4.79 Å².